The van der Waals surface area contributed by atoms with Crippen LogP contribution < -0.4 is 4.90 Å². The van der Waals surface area contributed by atoms with Crippen molar-refractivity contribution in [3.05, 3.63) is 42.2 Å². The van der Waals surface area contributed by atoms with E-state index in [4.69, 9.17) is 0 Å². The Morgan fingerprint density at radius 2 is 2.16 bits per heavy atom. The van der Waals surface area contributed by atoms with Gasteiger partial charge in [0, 0.05) is 12.1 Å². The van der Waals surface area contributed by atoms with Gasteiger partial charge in [-0.3, -0.25) is 9.69 Å². The Balaban J connectivity index is 1.70. The average Bonchev–Trinajstić information content (AvgIpc) is 3.30. The molecule has 2 aromatic heterocycles. The molecular weight excluding hydrogens is 339 g/mol. The fourth-order valence-corrected chi connectivity index (χ4v) is 4.35. The van der Waals surface area contributed by atoms with Gasteiger partial charge in [0.15, 0.2) is 5.13 Å². The lowest BCUT2D eigenvalue weighted by Crippen LogP contribution is -2.36. The second-order valence-corrected chi connectivity index (χ2v) is 7.40. The van der Waals surface area contributed by atoms with Crippen molar-refractivity contribution in [1.29, 1.82) is 0 Å². The molecule has 1 amide bonds. The molecule has 2 heterocycles. The summed E-state index contributed by atoms with van der Waals surface area (Å²) in [5, 5.41) is 0.547. The first kappa shape index (κ1) is 16.2. The Kier molecular flexibility index (Phi) is 4.48. The van der Waals surface area contributed by atoms with Crippen LogP contribution in [0.4, 0.5) is 9.52 Å². The van der Waals surface area contributed by atoms with Crippen LogP contribution in [-0.2, 0) is 11.3 Å². The van der Waals surface area contributed by atoms with Gasteiger partial charge in [-0.05, 0) is 25.0 Å². The fraction of sp³-hybridized carbons (Fsp3) is 0.389. The minimum atomic E-state index is -0.298. The molecule has 1 N–H and O–H groups in total. The van der Waals surface area contributed by atoms with Gasteiger partial charge in [-0.1, -0.05) is 36.7 Å². The summed E-state index contributed by atoms with van der Waals surface area (Å²) >= 11 is 1.23. The van der Waals surface area contributed by atoms with Crippen LogP contribution in [0.2, 0.25) is 0 Å². The number of benzene rings is 1. The van der Waals surface area contributed by atoms with Crippen molar-refractivity contribution in [1.82, 2.24) is 15.0 Å². The van der Waals surface area contributed by atoms with E-state index in [0.717, 1.165) is 31.4 Å². The van der Waals surface area contributed by atoms with Crippen LogP contribution in [0, 0.1) is 11.7 Å². The highest BCUT2D eigenvalue weighted by molar-refractivity contribution is 7.22. The maximum Gasteiger partial charge on any atom is 0.232 e. The third-order valence-electron chi connectivity index (χ3n) is 4.69. The molecular formula is C18H19FN4OS. The molecule has 5 nitrogen and oxygen atoms in total. The molecule has 4 rings (SSSR count). The van der Waals surface area contributed by atoms with Crippen LogP contribution in [0.1, 0.15) is 37.8 Å². The molecule has 0 radical (unpaired) electrons. The summed E-state index contributed by atoms with van der Waals surface area (Å²) in [6.45, 7) is 0.372. The number of aromatic amines is 1. The van der Waals surface area contributed by atoms with E-state index in [0.29, 0.717) is 21.9 Å². The van der Waals surface area contributed by atoms with Crippen LogP contribution in [0.3, 0.4) is 0 Å². The number of halogens is 1. The monoisotopic (exact) mass is 358 g/mol. The van der Waals surface area contributed by atoms with Gasteiger partial charge in [0.2, 0.25) is 5.91 Å². The Hall–Kier alpha value is -2.28. The van der Waals surface area contributed by atoms with Gasteiger partial charge in [-0.25, -0.2) is 14.4 Å². The summed E-state index contributed by atoms with van der Waals surface area (Å²) in [5.74, 6) is -0.199. The van der Waals surface area contributed by atoms with Crippen LogP contribution in [-0.4, -0.2) is 20.9 Å². The minimum absolute atomic E-state index is 0.0218. The Bertz CT molecular complexity index is 870. The zero-order valence-electron chi connectivity index (χ0n) is 13.7. The molecule has 7 heteroatoms. The number of fused-ring (bicyclic) bond motifs is 1. The van der Waals surface area contributed by atoms with E-state index < -0.39 is 0 Å². The van der Waals surface area contributed by atoms with E-state index >= 15 is 0 Å². The van der Waals surface area contributed by atoms with E-state index in [1.165, 1.54) is 23.8 Å². The van der Waals surface area contributed by atoms with E-state index in [2.05, 4.69) is 15.0 Å². The average molecular weight is 358 g/mol. The minimum Gasteiger partial charge on any atom is -0.347 e. The SMILES string of the molecule is O=C(C1CCCCC1)N(Cc1cnc[nH]1)c1nc2cccc(F)c2s1. The molecule has 130 valence electrons. The molecule has 3 aromatic rings. The zero-order valence-corrected chi connectivity index (χ0v) is 14.6. The smallest absolute Gasteiger partial charge is 0.232 e. The molecule has 0 bridgehead atoms. The molecule has 1 fully saturated rings. The number of aromatic nitrogens is 3. The maximum absolute atomic E-state index is 14.0. The highest BCUT2D eigenvalue weighted by Gasteiger charge is 2.29. The summed E-state index contributed by atoms with van der Waals surface area (Å²) in [5.41, 5.74) is 1.43. The lowest BCUT2D eigenvalue weighted by atomic mass is 9.88. The number of carbonyl (C=O) groups is 1. The van der Waals surface area contributed by atoms with Gasteiger partial charge < -0.3 is 4.98 Å². The number of anilines is 1. The lowest BCUT2D eigenvalue weighted by molar-refractivity contribution is -0.123. The molecule has 1 aliphatic carbocycles. The first-order valence-corrected chi connectivity index (χ1v) is 9.37. The number of rotatable bonds is 4. The summed E-state index contributed by atoms with van der Waals surface area (Å²) in [4.78, 5) is 26.4. The summed E-state index contributed by atoms with van der Waals surface area (Å²) < 4.78 is 14.5. The highest BCUT2D eigenvalue weighted by atomic mass is 32.1. The summed E-state index contributed by atoms with van der Waals surface area (Å²) in [7, 11) is 0. The third-order valence-corrected chi connectivity index (χ3v) is 5.79. The van der Waals surface area contributed by atoms with Crippen molar-refractivity contribution in [2.45, 2.75) is 38.6 Å². The second-order valence-electron chi connectivity index (χ2n) is 6.42. The van der Waals surface area contributed by atoms with E-state index in [9.17, 15) is 9.18 Å². The van der Waals surface area contributed by atoms with Crippen molar-refractivity contribution in [3.63, 3.8) is 0 Å². The zero-order chi connectivity index (χ0) is 17.2. The van der Waals surface area contributed by atoms with Gasteiger partial charge in [-0.15, -0.1) is 0 Å². The molecule has 1 aromatic carbocycles. The van der Waals surface area contributed by atoms with E-state index in [1.54, 1.807) is 29.6 Å². The van der Waals surface area contributed by atoms with Gasteiger partial charge in [0.1, 0.15) is 5.82 Å². The number of carbonyl (C=O) groups excluding carboxylic acids is 1. The first-order chi connectivity index (χ1) is 12.2. The van der Waals surface area contributed by atoms with Crippen molar-refractivity contribution in [2.75, 3.05) is 4.90 Å². The van der Waals surface area contributed by atoms with Crippen molar-refractivity contribution in [3.8, 4) is 0 Å². The van der Waals surface area contributed by atoms with Gasteiger partial charge >= 0.3 is 0 Å². The number of hydrogen-bond donors (Lipinski definition) is 1. The number of H-pyrrole nitrogens is 1. The third kappa shape index (κ3) is 3.28. The van der Waals surface area contributed by atoms with Crippen LogP contribution >= 0.6 is 11.3 Å². The molecule has 25 heavy (non-hydrogen) atoms. The van der Waals surface area contributed by atoms with Gasteiger partial charge in [-0.2, -0.15) is 0 Å². The van der Waals surface area contributed by atoms with Crippen LogP contribution in [0.25, 0.3) is 10.2 Å². The summed E-state index contributed by atoms with van der Waals surface area (Å²) in [6, 6.07) is 4.84. The maximum atomic E-state index is 14.0. The Labute approximate surface area is 148 Å². The predicted octanol–water partition coefficient (Wildman–Crippen LogP) is 4.27. The number of thiazole rings is 1. The second kappa shape index (κ2) is 6.92. The molecule has 0 saturated heterocycles. The Morgan fingerprint density at radius 3 is 2.88 bits per heavy atom. The number of imidazole rings is 1. The molecule has 1 aliphatic rings. The number of nitrogens with one attached hydrogen (secondary N) is 1. The van der Waals surface area contributed by atoms with Crippen molar-refractivity contribution < 1.29 is 9.18 Å². The summed E-state index contributed by atoms with van der Waals surface area (Å²) in [6.07, 6.45) is 8.49. The highest BCUT2D eigenvalue weighted by Crippen LogP contribution is 2.34. The lowest BCUT2D eigenvalue weighted by Gasteiger charge is -2.27. The Morgan fingerprint density at radius 1 is 1.32 bits per heavy atom. The molecule has 0 aliphatic heterocycles. The van der Waals surface area contributed by atoms with Gasteiger partial charge in [0.05, 0.1) is 28.8 Å². The number of amides is 1. The molecule has 0 atom stereocenters. The van der Waals surface area contributed by atoms with Crippen molar-refractivity contribution in [2.24, 2.45) is 5.92 Å². The van der Waals surface area contributed by atoms with E-state index in [-0.39, 0.29) is 17.6 Å². The molecule has 1 saturated carbocycles. The topological polar surface area (TPSA) is 61.9 Å². The van der Waals surface area contributed by atoms with Gasteiger partial charge in [0.25, 0.3) is 0 Å². The number of nitrogens with zero attached hydrogens (tertiary/aromatic N) is 3. The normalized spacial score (nSPS) is 15.6. The number of hydrogen-bond acceptors (Lipinski definition) is 4. The van der Waals surface area contributed by atoms with Crippen molar-refractivity contribution >= 4 is 32.6 Å². The largest absolute Gasteiger partial charge is 0.347 e. The molecule has 0 unspecified atom stereocenters. The van der Waals surface area contributed by atoms with E-state index in [1.807, 2.05) is 0 Å². The fourth-order valence-electron chi connectivity index (χ4n) is 3.37. The molecule has 0 spiro atoms. The van der Waals surface area contributed by atoms with Crippen LogP contribution in [0.5, 0.6) is 0 Å². The first-order valence-electron chi connectivity index (χ1n) is 8.56. The quantitative estimate of drug-likeness (QED) is 0.757. The predicted molar refractivity (Wildman–Crippen MR) is 95.9 cm³/mol. The van der Waals surface area contributed by atoms with Crippen LogP contribution in [0.15, 0.2) is 30.7 Å². The standard InChI is InChI=1S/C18H19FN4OS/c19-14-7-4-8-15-16(14)25-18(22-15)23(10-13-9-20-11-21-13)17(24)12-5-2-1-3-6-12/h4,7-9,11-12H,1-3,5-6,10H2,(H,20,21).